The topological polar surface area (TPSA) is 71.1 Å². The Labute approximate surface area is 105 Å². The Hall–Kier alpha value is -1.43. The Kier molecular flexibility index (Phi) is 4.62. The number of carbonyl (C=O) groups is 2. The third-order valence-electron chi connectivity index (χ3n) is 2.36. The van der Waals surface area contributed by atoms with Crippen LogP contribution in [0.5, 0.6) is 0 Å². The van der Waals surface area contributed by atoms with Gasteiger partial charge < -0.3 is 10.6 Å². The van der Waals surface area contributed by atoms with Crippen LogP contribution >= 0.6 is 11.3 Å². The highest BCUT2D eigenvalue weighted by atomic mass is 32.1. The van der Waals surface area contributed by atoms with Gasteiger partial charge in [0.1, 0.15) is 6.42 Å². The van der Waals surface area contributed by atoms with Crippen molar-refractivity contribution in [2.45, 2.75) is 39.2 Å². The molecule has 5 nitrogen and oxygen atoms in total. The van der Waals surface area contributed by atoms with E-state index in [1.165, 1.54) is 11.3 Å². The summed E-state index contributed by atoms with van der Waals surface area (Å²) in [6, 6.07) is 0. The predicted octanol–water partition coefficient (Wildman–Crippen LogP) is 1.78. The first-order chi connectivity index (χ1) is 7.93. The van der Waals surface area contributed by atoms with Gasteiger partial charge in [-0.3, -0.25) is 9.59 Å². The van der Waals surface area contributed by atoms with Gasteiger partial charge >= 0.3 is 0 Å². The van der Waals surface area contributed by atoms with Crippen molar-refractivity contribution in [2.75, 3.05) is 5.32 Å². The number of carbonyl (C=O) groups excluding carboxylic acids is 2. The van der Waals surface area contributed by atoms with Crippen LogP contribution in [0.1, 0.15) is 33.6 Å². The van der Waals surface area contributed by atoms with E-state index in [9.17, 15) is 9.59 Å². The molecule has 1 rings (SSSR count). The molecule has 0 aliphatic heterocycles. The molecule has 0 aliphatic carbocycles. The maximum Gasteiger partial charge on any atom is 0.235 e. The third kappa shape index (κ3) is 4.95. The third-order valence-corrected chi connectivity index (χ3v) is 3.05. The van der Waals surface area contributed by atoms with Crippen LogP contribution in [-0.2, 0) is 9.59 Å². The van der Waals surface area contributed by atoms with Crippen molar-refractivity contribution in [2.24, 2.45) is 0 Å². The summed E-state index contributed by atoms with van der Waals surface area (Å²) in [5.41, 5.74) is -0.279. The number of aromatic nitrogens is 1. The highest BCUT2D eigenvalue weighted by Gasteiger charge is 2.19. The molecule has 0 aliphatic rings. The second kappa shape index (κ2) is 5.77. The number of rotatable bonds is 5. The van der Waals surface area contributed by atoms with Crippen LogP contribution in [0.3, 0.4) is 0 Å². The number of nitrogens with zero attached hydrogens (tertiary/aromatic N) is 1. The molecule has 0 saturated carbocycles. The summed E-state index contributed by atoms with van der Waals surface area (Å²) in [7, 11) is 0. The Balaban J connectivity index is 2.39. The molecule has 0 bridgehead atoms. The molecular weight excluding hydrogens is 238 g/mol. The SMILES string of the molecule is CCC(C)(C)NC(=O)CC(=O)Nc1nccs1. The maximum absolute atomic E-state index is 11.6. The molecule has 0 atom stereocenters. The molecule has 0 saturated heterocycles. The fourth-order valence-electron chi connectivity index (χ4n) is 1.10. The van der Waals surface area contributed by atoms with E-state index in [2.05, 4.69) is 15.6 Å². The summed E-state index contributed by atoms with van der Waals surface area (Å²) >= 11 is 1.32. The summed E-state index contributed by atoms with van der Waals surface area (Å²) in [6.45, 7) is 5.82. The summed E-state index contributed by atoms with van der Waals surface area (Å²) in [5, 5.41) is 7.64. The van der Waals surface area contributed by atoms with E-state index in [1.807, 2.05) is 20.8 Å². The van der Waals surface area contributed by atoms with Crippen molar-refractivity contribution >= 4 is 28.3 Å². The second-order valence-electron chi connectivity index (χ2n) is 4.35. The van der Waals surface area contributed by atoms with Crippen LogP contribution in [0.2, 0.25) is 0 Å². The first-order valence-electron chi connectivity index (χ1n) is 5.43. The quantitative estimate of drug-likeness (QED) is 0.788. The van der Waals surface area contributed by atoms with Gasteiger partial charge in [0.25, 0.3) is 0 Å². The van der Waals surface area contributed by atoms with Gasteiger partial charge in [0, 0.05) is 17.1 Å². The molecule has 0 radical (unpaired) electrons. The van der Waals surface area contributed by atoms with E-state index in [1.54, 1.807) is 11.6 Å². The van der Waals surface area contributed by atoms with E-state index < -0.39 is 0 Å². The lowest BCUT2D eigenvalue weighted by atomic mass is 10.0. The van der Waals surface area contributed by atoms with Gasteiger partial charge in [-0.2, -0.15) is 0 Å². The van der Waals surface area contributed by atoms with E-state index in [4.69, 9.17) is 0 Å². The second-order valence-corrected chi connectivity index (χ2v) is 5.24. The number of amides is 2. The standard InChI is InChI=1S/C11H17N3O2S/c1-4-11(2,3)14-9(16)7-8(15)13-10-12-5-6-17-10/h5-6H,4,7H2,1-3H3,(H,14,16)(H,12,13,15). The summed E-state index contributed by atoms with van der Waals surface area (Å²) < 4.78 is 0. The minimum Gasteiger partial charge on any atom is -0.351 e. The van der Waals surface area contributed by atoms with Crippen molar-refractivity contribution in [1.29, 1.82) is 0 Å². The van der Waals surface area contributed by atoms with Crippen LogP contribution in [0.15, 0.2) is 11.6 Å². The summed E-state index contributed by atoms with van der Waals surface area (Å²) in [4.78, 5) is 27.0. The van der Waals surface area contributed by atoms with Gasteiger partial charge in [0.15, 0.2) is 5.13 Å². The average Bonchev–Trinajstić information content (AvgIpc) is 2.69. The van der Waals surface area contributed by atoms with Crippen molar-refractivity contribution in [3.8, 4) is 0 Å². The van der Waals surface area contributed by atoms with Crippen LogP contribution < -0.4 is 10.6 Å². The van der Waals surface area contributed by atoms with Crippen molar-refractivity contribution < 1.29 is 9.59 Å². The lowest BCUT2D eigenvalue weighted by molar-refractivity contribution is -0.127. The number of nitrogens with one attached hydrogen (secondary N) is 2. The summed E-state index contributed by atoms with van der Waals surface area (Å²) in [6.07, 6.45) is 2.23. The molecular formula is C11H17N3O2S. The number of thiazole rings is 1. The van der Waals surface area contributed by atoms with Crippen molar-refractivity contribution in [3.63, 3.8) is 0 Å². The minimum atomic E-state index is -0.343. The first-order valence-corrected chi connectivity index (χ1v) is 6.31. The smallest absolute Gasteiger partial charge is 0.235 e. The van der Waals surface area contributed by atoms with Gasteiger partial charge in [-0.1, -0.05) is 6.92 Å². The Morgan fingerprint density at radius 3 is 2.65 bits per heavy atom. The molecule has 17 heavy (non-hydrogen) atoms. The van der Waals surface area contributed by atoms with E-state index in [0.29, 0.717) is 5.13 Å². The fourth-order valence-corrected chi connectivity index (χ4v) is 1.65. The molecule has 0 fully saturated rings. The largest absolute Gasteiger partial charge is 0.351 e. The number of hydrogen-bond acceptors (Lipinski definition) is 4. The highest BCUT2D eigenvalue weighted by molar-refractivity contribution is 7.13. The number of anilines is 1. The van der Waals surface area contributed by atoms with Crippen LogP contribution in [0.4, 0.5) is 5.13 Å². The zero-order valence-corrected chi connectivity index (χ0v) is 11.1. The van der Waals surface area contributed by atoms with E-state index in [-0.39, 0.29) is 23.8 Å². The Bertz CT molecular complexity index is 387. The molecule has 0 spiro atoms. The molecule has 0 unspecified atom stereocenters. The van der Waals surface area contributed by atoms with Crippen LogP contribution in [-0.4, -0.2) is 22.3 Å². The molecule has 2 amide bonds. The lowest BCUT2D eigenvalue weighted by Gasteiger charge is -2.24. The normalized spacial score (nSPS) is 11.0. The molecule has 2 N–H and O–H groups in total. The van der Waals surface area contributed by atoms with E-state index >= 15 is 0 Å². The molecule has 0 aromatic carbocycles. The van der Waals surface area contributed by atoms with Gasteiger partial charge in [0.2, 0.25) is 11.8 Å². The average molecular weight is 255 g/mol. The first kappa shape index (κ1) is 13.6. The number of hydrogen-bond donors (Lipinski definition) is 2. The minimum absolute atomic E-state index is 0.178. The Morgan fingerprint density at radius 2 is 2.12 bits per heavy atom. The van der Waals surface area contributed by atoms with Gasteiger partial charge in [-0.05, 0) is 20.3 Å². The lowest BCUT2D eigenvalue weighted by Crippen LogP contribution is -2.43. The van der Waals surface area contributed by atoms with Crippen molar-refractivity contribution in [1.82, 2.24) is 10.3 Å². The fraction of sp³-hybridized carbons (Fsp3) is 0.545. The van der Waals surface area contributed by atoms with Crippen LogP contribution in [0, 0.1) is 0 Å². The van der Waals surface area contributed by atoms with Gasteiger partial charge in [-0.25, -0.2) is 4.98 Å². The molecule has 6 heteroatoms. The molecule has 1 heterocycles. The Morgan fingerprint density at radius 1 is 1.41 bits per heavy atom. The summed E-state index contributed by atoms with van der Waals surface area (Å²) in [5.74, 6) is -0.616. The highest BCUT2D eigenvalue weighted by Crippen LogP contribution is 2.11. The predicted molar refractivity (Wildman–Crippen MR) is 67.9 cm³/mol. The molecule has 1 aromatic heterocycles. The zero-order chi connectivity index (χ0) is 12.9. The molecule has 94 valence electrons. The van der Waals surface area contributed by atoms with Gasteiger partial charge in [-0.15, -0.1) is 11.3 Å². The van der Waals surface area contributed by atoms with Gasteiger partial charge in [0.05, 0.1) is 0 Å². The van der Waals surface area contributed by atoms with E-state index in [0.717, 1.165) is 6.42 Å². The van der Waals surface area contributed by atoms with Crippen molar-refractivity contribution in [3.05, 3.63) is 11.6 Å². The molecule has 1 aromatic rings. The monoisotopic (exact) mass is 255 g/mol. The zero-order valence-electron chi connectivity index (χ0n) is 10.2. The van der Waals surface area contributed by atoms with Crippen LogP contribution in [0.25, 0.3) is 0 Å². The maximum atomic E-state index is 11.6.